The van der Waals surface area contributed by atoms with Gasteiger partial charge in [0, 0.05) is 11.6 Å². The second-order valence-electron chi connectivity index (χ2n) is 3.13. The van der Waals surface area contributed by atoms with E-state index < -0.39 is 6.10 Å². The molecule has 0 radical (unpaired) electrons. The first-order valence-electron chi connectivity index (χ1n) is 3.91. The van der Waals surface area contributed by atoms with E-state index in [1.165, 1.54) is 6.07 Å². The van der Waals surface area contributed by atoms with Crippen molar-refractivity contribution >= 4 is 0 Å². The van der Waals surface area contributed by atoms with Crippen LogP contribution in [0, 0.1) is 5.82 Å². The zero-order valence-electron chi connectivity index (χ0n) is 6.50. The summed E-state index contributed by atoms with van der Waals surface area (Å²) in [5, 5.41) is 9.47. The van der Waals surface area contributed by atoms with Crippen LogP contribution in [0.4, 0.5) is 4.39 Å². The number of aliphatic hydroxyl groups is 1. The number of benzene rings is 1. The summed E-state index contributed by atoms with van der Waals surface area (Å²) in [4.78, 5) is 0. The number of hydrogen-bond donors (Lipinski definition) is 2. The molecule has 2 nitrogen and oxygen atoms in total. The van der Waals surface area contributed by atoms with Crippen molar-refractivity contribution in [1.82, 2.24) is 0 Å². The quantitative estimate of drug-likeness (QED) is 0.598. The minimum atomic E-state index is -0.832. The Hall–Kier alpha value is -0.930. The van der Waals surface area contributed by atoms with Gasteiger partial charge in [0.15, 0.2) is 0 Å². The maximum atomic E-state index is 13.1. The summed E-state index contributed by atoms with van der Waals surface area (Å²) in [7, 11) is 0. The van der Waals surface area contributed by atoms with Crippen LogP contribution in [0.2, 0.25) is 0 Å². The van der Waals surface area contributed by atoms with Crippen molar-refractivity contribution in [2.75, 3.05) is 0 Å². The Morgan fingerprint density at radius 2 is 2.25 bits per heavy atom. The fraction of sp³-hybridized carbons (Fsp3) is 0.333. The minimum Gasteiger partial charge on any atom is -0.387 e. The lowest BCUT2D eigenvalue weighted by molar-refractivity contribution is 0.155. The van der Waals surface area contributed by atoms with Crippen LogP contribution in [-0.2, 0) is 6.42 Å². The molecule has 0 aromatic heterocycles. The number of hydrogen-bond acceptors (Lipinski definition) is 2. The van der Waals surface area contributed by atoms with Crippen LogP contribution >= 0.6 is 0 Å². The van der Waals surface area contributed by atoms with Gasteiger partial charge in [0.1, 0.15) is 5.82 Å². The first-order chi connectivity index (χ1) is 5.70. The van der Waals surface area contributed by atoms with Crippen LogP contribution in [0.1, 0.15) is 17.2 Å². The minimum absolute atomic E-state index is 0.350. The molecule has 0 saturated heterocycles. The molecule has 2 rings (SSSR count). The number of aliphatic hydroxyl groups excluding tert-OH is 1. The topological polar surface area (TPSA) is 46.2 Å². The average molecular weight is 167 g/mol. The van der Waals surface area contributed by atoms with E-state index in [4.69, 9.17) is 5.73 Å². The van der Waals surface area contributed by atoms with Crippen molar-refractivity contribution in [2.45, 2.75) is 18.6 Å². The van der Waals surface area contributed by atoms with Gasteiger partial charge in [-0.25, -0.2) is 4.39 Å². The molecule has 1 aliphatic rings. The standard InChI is InChI=1S/C9H10FNO/c10-6-3-1-2-5-4-7(11)9(12)8(5)6/h1-3,7,9,12H,4,11H2/t7-,9+/m0/s1. The third-order valence-corrected chi connectivity index (χ3v) is 2.30. The molecular weight excluding hydrogens is 157 g/mol. The van der Waals surface area contributed by atoms with Gasteiger partial charge >= 0.3 is 0 Å². The molecule has 0 spiro atoms. The molecule has 1 aromatic rings. The Morgan fingerprint density at radius 1 is 1.50 bits per heavy atom. The van der Waals surface area contributed by atoms with Crippen molar-refractivity contribution < 1.29 is 9.50 Å². The molecule has 0 fully saturated rings. The van der Waals surface area contributed by atoms with Gasteiger partial charge in [-0.15, -0.1) is 0 Å². The van der Waals surface area contributed by atoms with Crippen LogP contribution in [0.5, 0.6) is 0 Å². The number of halogens is 1. The summed E-state index contributed by atoms with van der Waals surface area (Å²) in [5.41, 5.74) is 6.79. The van der Waals surface area contributed by atoms with Crippen LogP contribution in [-0.4, -0.2) is 11.1 Å². The van der Waals surface area contributed by atoms with Gasteiger partial charge in [-0.2, -0.15) is 0 Å². The van der Waals surface area contributed by atoms with E-state index in [0.29, 0.717) is 12.0 Å². The highest BCUT2D eigenvalue weighted by atomic mass is 19.1. The normalized spacial score (nSPS) is 27.2. The van der Waals surface area contributed by atoms with Gasteiger partial charge < -0.3 is 10.8 Å². The van der Waals surface area contributed by atoms with Gasteiger partial charge in [0.25, 0.3) is 0 Å². The zero-order valence-corrected chi connectivity index (χ0v) is 6.50. The Morgan fingerprint density at radius 3 is 2.92 bits per heavy atom. The average Bonchev–Trinajstić information content (AvgIpc) is 2.29. The SMILES string of the molecule is N[C@H]1Cc2cccc(F)c2[C@@H]1O. The summed E-state index contributed by atoms with van der Waals surface area (Å²) in [6, 6.07) is 4.44. The Bertz CT molecular complexity index is 313. The fourth-order valence-corrected chi connectivity index (χ4v) is 1.67. The lowest BCUT2D eigenvalue weighted by Crippen LogP contribution is -2.24. The third-order valence-electron chi connectivity index (χ3n) is 2.30. The van der Waals surface area contributed by atoms with Gasteiger partial charge in [-0.1, -0.05) is 12.1 Å². The highest BCUT2D eigenvalue weighted by molar-refractivity contribution is 5.36. The molecule has 1 aliphatic carbocycles. The molecule has 3 heteroatoms. The van der Waals surface area contributed by atoms with E-state index in [9.17, 15) is 9.50 Å². The summed E-state index contributed by atoms with van der Waals surface area (Å²) in [6.07, 6.45) is -0.268. The van der Waals surface area contributed by atoms with Crippen molar-refractivity contribution in [2.24, 2.45) is 5.73 Å². The van der Waals surface area contributed by atoms with E-state index in [-0.39, 0.29) is 11.9 Å². The predicted octanol–water partition coefficient (Wildman–Crippen LogP) is 0.743. The smallest absolute Gasteiger partial charge is 0.129 e. The molecule has 3 N–H and O–H groups in total. The molecule has 0 bridgehead atoms. The molecule has 0 saturated carbocycles. The van der Waals surface area contributed by atoms with E-state index >= 15 is 0 Å². The molecule has 0 amide bonds. The Balaban J connectivity index is 2.55. The largest absolute Gasteiger partial charge is 0.387 e. The maximum Gasteiger partial charge on any atom is 0.129 e. The van der Waals surface area contributed by atoms with Crippen molar-refractivity contribution in [3.8, 4) is 0 Å². The summed E-state index contributed by atoms with van der Waals surface area (Å²) in [5.74, 6) is -0.354. The highest BCUT2D eigenvalue weighted by Gasteiger charge is 2.30. The van der Waals surface area contributed by atoms with Crippen LogP contribution in [0.15, 0.2) is 18.2 Å². The fourth-order valence-electron chi connectivity index (χ4n) is 1.67. The molecule has 0 heterocycles. The van der Waals surface area contributed by atoms with Gasteiger partial charge in [0.2, 0.25) is 0 Å². The van der Waals surface area contributed by atoms with Crippen LogP contribution < -0.4 is 5.73 Å². The molecule has 64 valence electrons. The van der Waals surface area contributed by atoms with E-state index in [0.717, 1.165) is 5.56 Å². The first-order valence-corrected chi connectivity index (χ1v) is 3.91. The van der Waals surface area contributed by atoms with E-state index in [1.54, 1.807) is 12.1 Å². The number of rotatable bonds is 0. The van der Waals surface area contributed by atoms with Gasteiger partial charge in [-0.3, -0.25) is 0 Å². The van der Waals surface area contributed by atoms with Crippen molar-refractivity contribution in [1.29, 1.82) is 0 Å². The predicted molar refractivity (Wildman–Crippen MR) is 43.0 cm³/mol. The molecule has 0 aliphatic heterocycles. The number of nitrogens with two attached hydrogens (primary N) is 1. The molecular formula is C9H10FNO. The van der Waals surface area contributed by atoms with Crippen LogP contribution in [0.3, 0.4) is 0 Å². The lowest BCUT2D eigenvalue weighted by atomic mass is 10.1. The van der Waals surface area contributed by atoms with Crippen molar-refractivity contribution in [3.63, 3.8) is 0 Å². The second-order valence-corrected chi connectivity index (χ2v) is 3.13. The van der Waals surface area contributed by atoms with Crippen LogP contribution in [0.25, 0.3) is 0 Å². The van der Waals surface area contributed by atoms with Crippen molar-refractivity contribution in [3.05, 3.63) is 35.1 Å². The Kier molecular flexibility index (Phi) is 1.63. The first kappa shape index (κ1) is 7.71. The molecule has 1 aromatic carbocycles. The van der Waals surface area contributed by atoms with Gasteiger partial charge in [0.05, 0.1) is 6.10 Å². The molecule has 0 unspecified atom stereocenters. The maximum absolute atomic E-state index is 13.1. The Labute approximate surface area is 69.8 Å². The second kappa shape index (κ2) is 2.54. The summed E-state index contributed by atoms with van der Waals surface area (Å²) >= 11 is 0. The van der Waals surface area contributed by atoms with E-state index in [2.05, 4.69) is 0 Å². The monoisotopic (exact) mass is 167 g/mol. The molecule has 2 atom stereocenters. The van der Waals surface area contributed by atoms with E-state index in [1.807, 2.05) is 0 Å². The summed E-state index contributed by atoms with van der Waals surface area (Å²) in [6.45, 7) is 0. The number of fused-ring (bicyclic) bond motifs is 1. The molecule has 12 heavy (non-hydrogen) atoms. The highest BCUT2D eigenvalue weighted by Crippen LogP contribution is 2.31. The van der Waals surface area contributed by atoms with Gasteiger partial charge in [-0.05, 0) is 18.1 Å². The third kappa shape index (κ3) is 0.940. The lowest BCUT2D eigenvalue weighted by Gasteiger charge is -2.08. The summed E-state index contributed by atoms with van der Waals surface area (Å²) < 4.78 is 13.1. The zero-order chi connectivity index (χ0) is 8.72.